The number of urea groups is 1. The minimum Gasteiger partial charge on any atom is -0.335 e. The highest BCUT2D eigenvalue weighted by Crippen LogP contribution is 2.19. The second-order valence-corrected chi connectivity index (χ2v) is 8.43. The molecule has 0 spiro atoms. The molecule has 1 saturated heterocycles. The van der Waals surface area contributed by atoms with Gasteiger partial charge >= 0.3 is 6.03 Å². The molecular formula is C17H25N3O3S. The molecule has 0 bridgehead atoms. The van der Waals surface area contributed by atoms with Gasteiger partial charge < -0.3 is 10.2 Å². The predicted molar refractivity (Wildman–Crippen MR) is 92.2 cm³/mol. The molecule has 6 nitrogen and oxygen atoms in total. The number of carbonyl (C=O) groups excluding carboxylic acids is 1. The standard InChI is InChI=1S/C17H25N3O3S/c21-17(18-15-7-3-1-4-8-15)19-11-13-20(14-12-19)24(22,23)16-9-5-2-6-10-16/h2,5-6,9-10,15H,1,3-4,7-8,11-14H2,(H,18,21). The summed E-state index contributed by atoms with van der Waals surface area (Å²) in [6.07, 6.45) is 5.70. The molecule has 1 saturated carbocycles. The zero-order valence-corrected chi connectivity index (χ0v) is 14.7. The van der Waals surface area contributed by atoms with E-state index in [2.05, 4.69) is 5.32 Å². The highest BCUT2D eigenvalue weighted by Gasteiger charge is 2.30. The molecule has 2 amide bonds. The summed E-state index contributed by atoms with van der Waals surface area (Å²) in [5, 5.41) is 3.09. The highest BCUT2D eigenvalue weighted by atomic mass is 32.2. The number of hydrogen-bond acceptors (Lipinski definition) is 3. The number of piperazine rings is 1. The highest BCUT2D eigenvalue weighted by molar-refractivity contribution is 7.89. The summed E-state index contributed by atoms with van der Waals surface area (Å²) in [5.41, 5.74) is 0. The van der Waals surface area contributed by atoms with E-state index in [-0.39, 0.29) is 12.1 Å². The number of amides is 2. The fourth-order valence-corrected chi connectivity index (χ4v) is 4.83. The van der Waals surface area contributed by atoms with Gasteiger partial charge in [0.15, 0.2) is 0 Å². The van der Waals surface area contributed by atoms with Gasteiger partial charge in [0.05, 0.1) is 4.90 Å². The van der Waals surface area contributed by atoms with Gasteiger partial charge in [0.1, 0.15) is 0 Å². The van der Waals surface area contributed by atoms with Crippen molar-refractivity contribution in [1.82, 2.24) is 14.5 Å². The molecule has 0 radical (unpaired) electrons. The molecule has 1 N–H and O–H groups in total. The number of nitrogens with zero attached hydrogens (tertiary/aromatic N) is 2. The average Bonchev–Trinajstić information content (AvgIpc) is 2.63. The summed E-state index contributed by atoms with van der Waals surface area (Å²) in [5.74, 6) is 0. The van der Waals surface area contributed by atoms with Crippen molar-refractivity contribution in [2.24, 2.45) is 0 Å². The normalized spacial score (nSPS) is 20.8. The topological polar surface area (TPSA) is 69.7 Å². The maximum absolute atomic E-state index is 12.6. The SMILES string of the molecule is O=C(NC1CCCCC1)N1CCN(S(=O)(=O)c2ccccc2)CC1. The van der Waals surface area contributed by atoms with E-state index in [0.29, 0.717) is 31.1 Å². The van der Waals surface area contributed by atoms with Gasteiger partial charge in [0.2, 0.25) is 10.0 Å². The van der Waals surface area contributed by atoms with Crippen molar-refractivity contribution in [3.05, 3.63) is 30.3 Å². The van der Waals surface area contributed by atoms with Gasteiger partial charge in [0, 0.05) is 32.2 Å². The largest absolute Gasteiger partial charge is 0.335 e. The van der Waals surface area contributed by atoms with Crippen LogP contribution in [0, 0.1) is 0 Å². The third kappa shape index (κ3) is 3.89. The Hall–Kier alpha value is -1.60. The molecule has 0 aromatic heterocycles. The summed E-state index contributed by atoms with van der Waals surface area (Å²) < 4.78 is 26.6. The lowest BCUT2D eigenvalue weighted by Gasteiger charge is -2.35. The van der Waals surface area contributed by atoms with Crippen LogP contribution in [0.5, 0.6) is 0 Å². The number of rotatable bonds is 3. The van der Waals surface area contributed by atoms with E-state index in [1.807, 2.05) is 0 Å². The third-order valence-electron chi connectivity index (χ3n) is 4.84. The monoisotopic (exact) mass is 351 g/mol. The second-order valence-electron chi connectivity index (χ2n) is 6.49. The quantitative estimate of drug-likeness (QED) is 0.906. The molecule has 2 aliphatic rings. The average molecular weight is 351 g/mol. The molecule has 1 heterocycles. The number of hydrogen-bond donors (Lipinski definition) is 1. The maximum atomic E-state index is 12.6. The lowest BCUT2D eigenvalue weighted by atomic mass is 9.96. The van der Waals surface area contributed by atoms with Gasteiger partial charge in [-0.25, -0.2) is 13.2 Å². The van der Waals surface area contributed by atoms with E-state index >= 15 is 0 Å². The minimum absolute atomic E-state index is 0.0568. The van der Waals surface area contributed by atoms with Crippen LogP contribution in [0.4, 0.5) is 4.79 Å². The first-order chi connectivity index (χ1) is 11.6. The van der Waals surface area contributed by atoms with E-state index in [0.717, 1.165) is 12.8 Å². The van der Waals surface area contributed by atoms with Gasteiger partial charge in [-0.3, -0.25) is 0 Å². The molecule has 7 heteroatoms. The minimum atomic E-state index is -3.46. The Morgan fingerprint density at radius 2 is 1.58 bits per heavy atom. The molecule has 24 heavy (non-hydrogen) atoms. The fourth-order valence-electron chi connectivity index (χ4n) is 3.39. The lowest BCUT2D eigenvalue weighted by Crippen LogP contribution is -2.54. The van der Waals surface area contributed by atoms with Gasteiger partial charge in [-0.2, -0.15) is 4.31 Å². The zero-order chi connectivity index (χ0) is 17.0. The van der Waals surface area contributed by atoms with E-state index in [4.69, 9.17) is 0 Å². The van der Waals surface area contributed by atoms with Crippen molar-refractivity contribution in [1.29, 1.82) is 0 Å². The van der Waals surface area contributed by atoms with Crippen LogP contribution in [0.2, 0.25) is 0 Å². The van der Waals surface area contributed by atoms with Crippen molar-refractivity contribution >= 4 is 16.1 Å². The summed E-state index contributed by atoms with van der Waals surface area (Å²) in [6.45, 7) is 1.56. The van der Waals surface area contributed by atoms with Crippen molar-refractivity contribution in [2.75, 3.05) is 26.2 Å². The van der Waals surface area contributed by atoms with Crippen LogP contribution in [0.15, 0.2) is 35.2 Å². The van der Waals surface area contributed by atoms with E-state index in [9.17, 15) is 13.2 Å². The first kappa shape index (κ1) is 17.2. The summed E-state index contributed by atoms with van der Waals surface area (Å²) in [4.78, 5) is 14.4. The summed E-state index contributed by atoms with van der Waals surface area (Å²) in [6, 6.07) is 8.68. The molecular weight excluding hydrogens is 326 g/mol. The fraction of sp³-hybridized carbons (Fsp3) is 0.588. The van der Waals surface area contributed by atoms with Crippen LogP contribution in [-0.2, 0) is 10.0 Å². The first-order valence-electron chi connectivity index (χ1n) is 8.68. The van der Waals surface area contributed by atoms with Crippen molar-refractivity contribution in [3.8, 4) is 0 Å². The second kappa shape index (κ2) is 7.53. The van der Waals surface area contributed by atoms with Gasteiger partial charge in [-0.1, -0.05) is 37.5 Å². The molecule has 3 rings (SSSR count). The maximum Gasteiger partial charge on any atom is 0.317 e. The van der Waals surface area contributed by atoms with Crippen LogP contribution in [0.3, 0.4) is 0 Å². The van der Waals surface area contributed by atoms with Crippen molar-refractivity contribution in [3.63, 3.8) is 0 Å². The van der Waals surface area contributed by atoms with E-state index < -0.39 is 10.0 Å². The van der Waals surface area contributed by atoms with E-state index in [1.54, 1.807) is 35.2 Å². The van der Waals surface area contributed by atoms with Crippen LogP contribution in [-0.4, -0.2) is 55.9 Å². The third-order valence-corrected chi connectivity index (χ3v) is 6.75. The van der Waals surface area contributed by atoms with Gasteiger partial charge in [0.25, 0.3) is 0 Å². The predicted octanol–water partition coefficient (Wildman–Crippen LogP) is 2.04. The Morgan fingerprint density at radius 1 is 0.958 bits per heavy atom. The van der Waals surface area contributed by atoms with Crippen LogP contribution in [0.1, 0.15) is 32.1 Å². The molecule has 132 valence electrons. The Labute approximate surface area is 143 Å². The molecule has 1 aromatic rings. The number of benzene rings is 1. The Kier molecular flexibility index (Phi) is 5.40. The molecule has 1 aliphatic carbocycles. The summed E-state index contributed by atoms with van der Waals surface area (Å²) in [7, 11) is -3.46. The van der Waals surface area contributed by atoms with Crippen molar-refractivity contribution in [2.45, 2.75) is 43.0 Å². The van der Waals surface area contributed by atoms with E-state index in [1.165, 1.54) is 23.6 Å². The molecule has 0 unspecified atom stereocenters. The summed E-state index contributed by atoms with van der Waals surface area (Å²) >= 11 is 0. The molecule has 0 atom stereocenters. The number of carbonyl (C=O) groups is 1. The smallest absolute Gasteiger partial charge is 0.317 e. The molecule has 2 fully saturated rings. The van der Waals surface area contributed by atoms with Crippen LogP contribution in [0.25, 0.3) is 0 Å². The number of sulfonamides is 1. The lowest BCUT2D eigenvalue weighted by molar-refractivity contribution is 0.166. The van der Waals surface area contributed by atoms with Gasteiger partial charge in [-0.15, -0.1) is 0 Å². The Morgan fingerprint density at radius 3 is 2.21 bits per heavy atom. The Bertz CT molecular complexity index is 649. The van der Waals surface area contributed by atoms with Crippen LogP contribution >= 0.6 is 0 Å². The zero-order valence-electron chi connectivity index (χ0n) is 13.9. The van der Waals surface area contributed by atoms with Crippen molar-refractivity contribution < 1.29 is 13.2 Å². The molecule has 1 aromatic carbocycles. The van der Waals surface area contributed by atoms with Gasteiger partial charge in [-0.05, 0) is 25.0 Å². The first-order valence-corrected chi connectivity index (χ1v) is 10.1. The Balaban J connectivity index is 1.54. The number of nitrogens with one attached hydrogen (secondary N) is 1. The van der Waals surface area contributed by atoms with Crippen LogP contribution < -0.4 is 5.32 Å². The molecule has 1 aliphatic heterocycles.